The number of fused-ring (bicyclic) bond motifs is 1. The second-order valence-electron chi connectivity index (χ2n) is 6.23. The maximum atomic E-state index is 3.43. The second kappa shape index (κ2) is 5.19. The molecular formula is C18H22N2. The Morgan fingerprint density at radius 3 is 2.80 bits per heavy atom. The van der Waals surface area contributed by atoms with E-state index in [0.717, 1.165) is 44.6 Å². The summed E-state index contributed by atoms with van der Waals surface area (Å²) in [6, 6.07) is 8.93. The monoisotopic (exact) mass is 266 g/mol. The number of nitrogens with zero attached hydrogens (tertiary/aromatic N) is 1. The molecule has 1 saturated carbocycles. The molecular weight excluding hydrogens is 244 g/mol. The van der Waals surface area contributed by atoms with Crippen molar-refractivity contribution in [2.45, 2.75) is 13.0 Å². The molecule has 0 radical (unpaired) electrons. The first-order valence-corrected chi connectivity index (χ1v) is 7.81. The molecule has 2 unspecified atom stereocenters. The SMILES string of the molecule is C1=CC2CC2C=C1c1ccccc1CN1CCNCC1. The fourth-order valence-corrected chi connectivity index (χ4v) is 3.39. The summed E-state index contributed by atoms with van der Waals surface area (Å²) in [5.41, 5.74) is 4.35. The third-order valence-electron chi connectivity index (χ3n) is 4.74. The van der Waals surface area contributed by atoms with Crippen molar-refractivity contribution in [3.63, 3.8) is 0 Å². The molecule has 1 aliphatic heterocycles. The van der Waals surface area contributed by atoms with Crippen LogP contribution in [0.2, 0.25) is 0 Å². The highest BCUT2D eigenvalue weighted by molar-refractivity contribution is 5.78. The Balaban J connectivity index is 1.58. The average Bonchev–Trinajstić information content (AvgIpc) is 3.27. The molecule has 0 bridgehead atoms. The Labute approximate surface area is 121 Å². The van der Waals surface area contributed by atoms with Gasteiger partial charge in [0.25, 0.3) is 0 Å². The van der Waals surface area contributed by atoms with Crippen LogP contribution < -0.4 is 5.32 Å². The highest BCUT2D eigenvalue weighted by atomic mass is 15.2. The highest BCUT2D eigenvalue weighted by Crippen LogP contribution is 2.46. The zero-order valence-electron chi connectivity index (χ0n) is 11.9. The predicted octanol–water partition coefficient (Wildman–Crippen LogP) is 2.68. The molecule has 2 fully saturated rings. The molecule has 104 valence electrons. The summed E-state index contributed by atoms with van der Waals surface area (Å²) in [6.07, 6.45) is 8.59. The number of benzene rings is 1. The summed E-state index contributed by atoms with van der Waals surface area (Å²) in [7, 11) is 0. The molecule has 2 atom stereocenters. The van der Waals surface area contributed by atoms with Gasteiger partial charge in [0.05, 0.1) is 0 Å². The fourth-order valence-electron chi connectivity index (χ4n) is 3.39. The van der Waals surface area contributed by atoms with Crippen molar-refractivity contribution in [1.29, 1.82) is 0 Å². The lowest BCUT2D eigenvalue weighted by Crippen LogP contribution is -2.43. The number of hydrogen-bond acceptors (Lipinski definition) is 2. The molecule has 0 aromatic heterocycles. The lowest BCUT2D eigenvalue weighted by Gasteiger charge is -2.28. The van der Waals surface area contributed by atoms with E-state index in [9.17, 15) is 0 Å². The molecule has 1 aromatic carbocycles. The minimum Gasteiger partial charge on any atom is -0.314 e. The third kappa shape index (κ3) is 2.46. The van der Waals surface area contributed by atoms with Crippen LogP contribution in [0.4, 0.5) is 0 Å². The van der Waals surface area contributed by atoms with E-state index in [0.29, 0.717) is 0 Å². The quantitative estimate of drug-likeness (QED) is 0.905. The summed E-state index contributed by atoms with van der Waals surface area (Å²) in [5.74, 6) is 1.67. The summed E-state index contributed by atoms with van der Waals surface area (Å²) < 4.78 is 0. The van der Waals surface area contributed by atoms with Crippen molar-refractivity contribution >= 4 is 5.57 Å². The molecule has 0 spiro atoms. The van der Waals surface area contributed by atoms with Crippen molar-refractivity contribution in [3.8, 4) is 0 Å². The molecule has 0 amide bonds. The van der Waals surface area contributed by atoms with E-state index in [4.69, 9.17) is 0 Å². The number of rotatable bonds is 3. The topological polar surface area (TPSA) is 15.3 Å². The van der Waals surface area contributed by atoms with Gasteiger partial charge in [-0.3, -0.25) is 4.90 Å². The van der Waals surface area contributed by atoms with Gasteiger partial charge in [-0.15, -0.1) is 0 Å². The zero-order valence-corrected chi connectivity index (χ0v) is 11.9. The van der Waals surface area contributed by atoms with E-state index >= 15 is 0 Å². The lowest BCUT2D eigenvalue weighted by atomic mass is 9.95. The molecule has 4 rings (SSSR count). The molecule has 3 aliphatic rings. The minimum atomic E-state index is 0.822. The molecule has 2 aliphatic carbocycles. The van der Waals surface area contributed by atoms with Crippen LogP contribution in [0.25, 0.3) is 5.57 Å². The van der Waals surface area contributed by atoms with E-state index in [1.54, 1.807) is 0 Å². The van der Waals surface area contributed by atoms with Crippen LogP contribution in [0.3, 0.4) is 0 Å². The smallest absolute Gasteiger partial charge is 0.0240 e. The minimum absolute atomic E-state index is 0.822. The molecule has 1 heterocycles. The Bertz CT molecular complexity index is 552. The first-order valence-electron chi connectivity index (χ1n) is 7.81. The molecule has 2 heteroatoms. The van der Waals surface area contributed by atoms with Crippen molar-refractivity contribution in [2.75, 3.05) is 26.2 Å². The average molecular weight is 266 g/mol. The first kappa shape index (κ1) is 12.4. The standard InChI is InChI=1S/C18H22N2/c1-2-4-18(15-6-5-14-11-17(14)12-15)16(3-1)13-20-9-7-19-8-10-20/h1-6,12,14,17,19H,7-11,13H2. The summed E-state index contributed by atoms with van der Waals surface area (Å²) in [5, 5.41) is 3.43. The van der Waals surface area contributed by atoms with Gasteiger partial charge in [0, 0.05) is 32.7 Å². The van der Waals surface area contributed by atoms with Crippen LogP contribution in [0, 0.1) is 11.8 Å². The number of nitrogens with one attached hydrogen (secondary N) is 1. The van der Waals surface area contributed by atoms with Crippen LogP contribution in [-0.2, 0) is 6.54 Å². The van der Waals surface area contributed by atoms with Gasteiger partial charge in [-0.2, -0.15) is 0 Å². The van der Waals surface area contributed by atoms with E-state index in [1.807, 2.05) is 0 Å². The first-order chi connectivity index (χ1) is 9.90. The van der Waals surface area contributed by atoms with Gasteiger partial charge in [-0.05, 0) is 35.0 Å². The van der Waals surface area contributed by atoms with Gasteiger partial charge >= 0.3 is 0 Å². The Kier molecular flexibility index (Phi) is 3.21. The second-order valence-corrected chi connectivity index (χ2v) is 6.23. The largest absolute Gasteiger partial charge is 0.314 e. The van der Waals surface area contributed by atoms with E-state index in [-0.39, 0.29) is 0 Å². The number of hydrogen-bond donors (Lipinski definition) is 1. The summed E-state index contributed by atoms with van der Waals surface area (Å²) in [4.78, 5) is 2.56. The Morgan fingerprint density at radius 2 is 1.95 bits per heavy atom. The fraction of sp³-hybridized carbons (Fsp3) is 0.444. The van der Waals surface area contributed by atoms with Gasteiger partial charge in [-0.1, -0.05) is 42.5 Å². The predicted molar refractivity (Wildman–Crippen MR) is 83.3 cm³/mol. The summed E-state index contributed by atoms with van der Waals surface area (Å²) >= 11 is 0. The van der Waals surface area contributed by atoms with Gasteiger partial charge in [-0.25, -0.2) is 0 Å². The van der Waals surface area contributed by atoms with Crippen LogP contribution >= 0.6 is 0 Å². The van der Waals surface area contributed by atoms with Crippen molar-refractivity contribution in [1.82, 2.24) is 10.2 Å². The Hall–Kier alpha value is -1.38. The van der Waals surface area contributed by atoms with Crippen molar-refractivity contribution in [2.24, 2.45) is 11.8 Å². The van der Waals surface area contributed by atoms with Gasteiger partial charge in [0.2, 0.25) is 0 Å². The van der Waals surface area contributed by atoms with Crippen molar-refractivity contribution < 1.29 is 0 Å². The normalized spacial score (nSPS) is 28.9. The lowest BCUT2D eigenvalue weighted by molar-refractivity contribution is 0.233. The van der Waals surface area contributed by atoms with Gasteiger partial charge < -0.3 is 5.32 Å². The summed E-state index contributed by atoms with van der Waals surface area (Å²) in [6.45, 7) is 5.64. The highest BCUT2D eigenvalue weighted by Gasteiger charge is 2.35. The van der Waals surface area contributed by atoms with Crippen LogP contribution in [0.1, 0.15) is 17.5 Å². The molecule has 1 saturated heterocycles. The van der Waals surface area contributed by atoms with E-state index < -0.39 is 0 Å². The van der Waals surface area contributed by atoms with E-state index in [1.165, 1.54) is 23.1 Å². The zero-order chi connectivity index (χ0) is 13.4. The molecule has 1 aromatic rings. The third-order valence-corrected chi connectivity index (χ3v) is 4.74. The van der Waals surface area contributed by atoms with E-state index in [2.05, 4.69) is 52.7 Å². The van der Waals surface area contributed by atoms with Crippen molar-refractivity contribution in [3.05, 3.63) is 53.6 Å². The number of piperazine rings is 1. The maximum Gasteiger partial charge on any atom is 0.0240 e. The molecule has 20 heavy (non-hydrogen) atoms. The maximum absolute atomic E-state index is 3.43. The molecule has 1 N–H and O–H groups in total. The van der Waals surface area contributed by atoms with Gasteiger partial charge in [0.1, 0.15) is 0 Å². The van der Waals surface area contributed by atoms with Gasteiger partial charge in [0.15, 0.2) is 0 Å². The molecule has 2 nitrogen and oxygen atoms in total. The van der Waals surface area contributed by atoms with Crippen LogP contribution in [0.15, 0.2) is 42.5 Å². The van der Waals surface area contributed by atoms with Crippen LogP contribution in [-0.4, -0.2) is 31.1 Å². The van der Waals surface area contributed by atoms with Crippen LogP contribution in [0.5, 0.6) is 0 Å². The Morgan fingerprint density at radius 1 is 1.10 bits per heavy atom. The number of allylic oxidation sites excluding steroid dienone is 4.